The van der Waals surface area contributed by atoms with Crippen LogP contribution in [-0.2, 0) is 0 Å². The Morgan fingerprint density at radius 1 is 0.571 bits per heavy atom. The van der Waals surface area contributed by atoms with E-state index < -0.39 is 0 Å². The minimum absolute atomic E-state index is 0. The van der Waals surface area contributed by atoms with E-state index in [-0.39, 0.29) is 7.43 Å². The maximum atomic E-state index is 2.12. The minimum Gasteiger partial charge on any atom is -0.0776 e. The Morgan fingerprint density at radius 3 is 1.00 bits per heavy atom. The van der Waals surface area contributed by atoms with Crippen molar-refractivity contribution in [2.45, 2.75) is 62.3 Å². The van der Waals surface area contributed by atoms with Crippen LogP contribution >= 0.6 is 0 Å². The molecule has 0 nitrogen and oxygen atoms in total. The van der Waals surface area contributed by atoms with Gasteiger partial charge >= 0.3 is 0 Å². The molecule has 0 spiro atoms. The average molecular weight is 289 g/mol. The maximum Gasteiger partial charge on any atom is -0.0398 e. The highest BCUT2D eigenvalue weighted by Gasteiger charge is 1.79. The Bertz CT molecular complexity index is 363. The van der Waals surface area contributed by atoms with Crippen LogP contribution in [0.25, 0.3) is 0 Å². The maximum absolute atomic E-state index is 2.12. The summed E-state index contributed by atoms with van der Waals surface area (Å²) in [6, 6.07) is 18.7. The van der Waals surface area contributed by atoms with Crippen LogP contribution in [0.4, 0.5) is 0 Å². The summed E-state index contributed by atoms with van der Waals surface area (Å²) in [5.41, 5.74) is 3.98. The van der Waals surface area contributed by atoms with Gasteiger partial charge in [-0.2, -0.15) is 0 Å². The number of hydrogen-bond donors (Lipinski definition) is 0. The summed E-state index contributed by atoms with van der Waals surface area (Å²) in [5, 5.41) is 0. The summed E-state index contributed by atoms with van der Waals surface area (Å²) in [4.78, 5) is 0. The third kappa shape index (κ3) is 18.4. The Morgan fingerprint density at radius 2 is 0.810 bits per heavy atom. The zero-order chi connectivity index (χ0) is 15.8. The number of aryl methyl sites for hydroxylation is 3. The molecule has 0 aliphatic carbocycles. The van der Waals surface area contributed by atoms with Crippen LogP contribution in [-0.4, -0.2) is 0 Å². The fraction of sp³-hybridized carbons (Fsp3) is 0.429. The van der Waals surface area contributed by atoms with Crippen LogP contribution in [0, 0.1) is 20.8 Å². The molecule has 0 aliphatic heterocycles. The molecule has 2 aromatic rings. The lowest BCUT2D eigenvalue weighted by atomic mass is 10.2. The SMILES string of the molecule is C.CC.CCC.Cc1ccc(C)cc1.Cc1ccccc1. The topological polar surface area (TPSA) is 0 Å². The van der Waals surface area contributed by atoms with E-state index in [1.807, 2.05) is 32.0 Å². The van der Waals surface area contributed by atoms with Crippen LogP contribution < -0.4 is 0 Å². The zero-order valence-electron chi connectivity index (χ0n) is 14.4. The van der Waals surface area contributed by atoms with Gasteiger partial charge in [0.25, 0.3) is 0 Å². The van der Waals surface area contributed by atoms with Crippen LogP contribution in [0.5, 0.6) is 0 Å². The average Bonchev–Trinajstić information content (AvgIpc) is 2.47. The normalized spacial score (nSPS) is 7.57. The Kier molecular flexibility index (Phi) is 21.5. The minimum atomic E-state index is 0. The highest BCUT2D eigenvalue weighted by molar-refractivity contribution is 5.19. The van der Waals surface area contributed by atoms with Crippen molar-refractivity contribution in [2.24, 2.45) is 0 Å². The molecule has 0 bridgehead atoms. The third-order valence-corrected chi connectivity index (χ3v) is 2.16. The summed E-state index contributed by atoms with van der Waals surface area (Å²) in [6.45, 7) is 14.5. The molecule has 2 aromatic carbocycles. The molecule has 0 heterocycles. The van der Waals surface area contributed by atoms with E-state index in [1.54, 1.807) is 0 Å². The van der Waals surface area contributed by atoms with Gasteiger partial charge in [0.2, 0.25) is 0 Å². The first kappa shape index (κ1) is 24.5. The summed E-state index contributed by atoms with van der Waals surface area (Å²) in [6.07, 6.45) is 1.25. The molecule has 0 fully saturated rings. The Hall–Kier alpha value is -1.56. The second-order valence-electron chi connectivity index (χ2n) is 4.52. The van der Waals surface area contributed by atoms with E-state index in [2.05, 4.69) is 71.0 Å². The predicted molar refractivity (Wildman–Crippen MR) is 101 cm³/mol. The second-order valence-corrected chi connectivity index (χ2v) is 4.52. The molecule has 0 aliphatic rings. The highest BCUT2D eigenvalue weighted by atomic mass is 13.9. The quantitative estimate of drug-likeness (QED) is 0.474. The first-order chi connectivity index (χ1) is 9.60. The van der Waals surface area contributed by atoms with Gasteiger partial charge < -0.3 is 0 Å². The van der Waals surface area contributed by atoms with Gasteiger partial charge in [-0.25, -0.2) is 0 Å². The summed E-state index contributed by atoms with van der Waals surface area (Å²) >= 11 is 0. The van der Waals surface area contributed by atoms with Crippen LogP contribution in [0.3, 0.4) is 0 Å². The molecule has 0 heteroatoms. The van der Waals surface area contributed by atoms with E-state index in [9.17, 15) is 0 Å². The van der Waals surface area contributed by atoms with Crippen molar-refractivity contribution in [1.29, 1.82) is 0 Å². The van der Waals surface area contributed by atoms with Gasteiger partial charge in [-0.1, -0.05) is 113 Å². The van der Waals surface area contributed by atoms with Gasteiger partial charge in [0.1, 0.15) is 0 Å². The molecular formula is C21H36. The molecule has 0 unspecified atom stereocenters. The standard InChI is InChI=1S/C8H10.C7H8.C3H8.C2H6.CH4/c1-7-3-5-8(2)6-4-7;1-7-5-3-2-4-6-7;1-3-2;1-2;/h3-6H,1-2H3;2-6H,1H3;3H2,1-2H3;1-2H3;1H4. The summed E-state index contributed by atoms with van der Waals surface area (Å²) in [7, 11) is 0. The third-order valence-electron chi connectivity index (χ3n) is 2.16. The van der Waals surface area contributed by atoms with Crippen molar-refractivity contribution in [2.75, 3.05) is 0 Å². The number of hydrogen-bond acceptors (Lipinski definition) is 0. The lowest BCUT2D eigenvalue weighted by Gasteiger charge is -1.90. The second kappa shape index (κ2) is 18.4. The molecule has 0 aromatic heterocycles. The van der Waals surface area contributed by atoms with E-state index >= 15 is 0 Å². The Balaban J connectivity index is -0.000000230. The molecule has 2 rings (SSSR count). The lowest BCUT2D eigenvalue weighted by Crippen LogP contribution is -1.70. The van der Waals surface area contributed by atoms with Crippen molar-refractivity contribution in [1.82, 2.24) is 0 Å². The highest BCUT2D eigenvalue weighted by Crippen LogP contribution is 1.99. The van der Waals surface area contributed by atoms with Gasteiger partial charge in [-0.3, -0.25) is 0 Å². The molecule has 21 heavy (non-hydrogen) atoms. The molecule has 0 atom stereocenters. The monoisotopic (exact) mass is 288 g/mol. The Labute approximate surface area is 134 Å². The molecule has 120 valence electrons. The molecule has 0 N–H and O–H groups in total. The van der Waals surface area contributed by atoms with E-state index in [1.165, 1.54) is 23.1 Å². The van der Waals surface area contributed by atoms with E-state index in [0.717, 1.165) is 0 Å². The zero-order valence-corrected chi connectivity index (χ0v) is 14.4. The smallest absolute Gasteiger partial charge is 0.0398 e. The fourth-order valence-electron chi connectivity index (χ4n) is 1.17. The van der Waals surface area contributed by atoms with Crippen molar-refractivity contribution in [3.05, 3.63) is 71.3 Å². The first-order valence-electron chi connectivity index (χ1n) is 7.65. The van der Waals surface area contributed by atoms with Gasteiger partial charge in [-0.05, 0) is 20.8 Å². The largest absolute Gasteiger partial charge is 0.0776 e. The van der Waals surface area contributed by atoms with Crippen LogP contribution in [0.15, 0.2) is 54.6 Å². The summed E-state index contributed by atoms with van der Waals surface area (Å²) in [5.74, 6) is 0. The van der Waals surface area contributed by atoms with Crippen molar-refractivity contribution >= 4 is 0 Å². The number of rotatable bonds is 0. The van der Waals surface area contributed by atoms with Crippen molar-refractivity contribution < 1.29 is 0 Å². The lowest BCUT2D eigenvalue weighted by molar-refractivity contribution is 1.09. The molecular weight excluding hydrogens is 252 g/mol. The summed E-state index contributed by atoms with van der Waals surface area (Å²) < 4.78 is 0. The van der Waals surface area contributed by atoms with Gasteiger partial charge in [-0.15, -0.1) is 0 Å². The molecule has 0 radical (unpaired) electrons. The van der Waals surface area contributed by atoms with Crippen LogP contribution in [0.2, 0.25) is 0 Å². The first-order valence-corrected chi connectivity index (χ1v) is 7.65. The van der Waals surface area contributed by atoms with Crippen molar-refractivity contribution in [3.8, 4) is 0 Å². The van der Waals surface area contributed by atoms with Gasteiger partial charge in [0.15, 0.2) is 0 Å². The predicted octanol–water partition coefficient (Wildman–Crippen LogP) is 7.38. The van der Waals surface area contributed by atoms with Crippen molar-refractivity contribution in [3.63, 3.8) is 0 Å². The van der Waals surface area contributed by atoms with Crippen LogP contribution in [0.1, 0.15) is 58.2 Å². The molecule has 0 saturated heterocycles. The molecule has 0 amide bonds. The van der Waals surface area contributed by atoms with Gasteiger partial charge in [0.05, 0.1) is 0 Å². The van der Waals surface area contributed by atoms with E-state index in [0.29, 0.717) is 0 Å². The van der Waals surface area contributed by atoms with Gasteiger partial charge in [0, 0.05) is 0 Å². The molecule has 0 saturated carbocycles. The fourth-order valence-corrected chi connectivity index (χ4v) is 1.17. The number of benzene rings is 2. The van der Waals surface area contributed by atoms with E-state index in [4.69, 9.17) is 0 Å².